The summed E-state index contributed by atoms with van der Waals surface area (Å²) in [6, 6.07) is -0.825. The average Bonchev–Trinajstić information content (AvgIpc) is 3.32. The summed E-state index contributed by atoms with van der Waals surface area (Å²) in [7, 11) is 0. The van der Waals surface area contributed by atoms with E-state index < -0.39 is 49.5 Å². The van der Waals surface area contributed by atoms with Crippen LogP contribution in [0.3, 0.4) is 0 Å². The molecule has 0 radical (unpaired) electrons. The van der Waals surface area contributed by atoms with Gasteiger partial charge in [0.2, 0.25) is 5.91 Å². The van der Waals surface area contributed by atoms with Crippen molar-refractivity contribution in [2.75, 3.05) is 13.2 Å². The fraction of sp³-hybridized carbons (Fsp3) is 0.877. The van der Waals surface area contributed by atoms with Crippen LogP contribution < -0.4 is 5.32 Å². The zero-order valence-corrected chi connectivity index (χ0v) is 43.0. The molecule has 1 fully saturated rings. The highest BCUT2D eigenvalue weighted by molar-refractivity contribution is 5.76. The molecular weight excluding hydrogens is 827 g/mol. The lowest BCUT2D eigenvalue weighted by atomic mass is 9.99. The minimum atomic E-state index is -1.57. The molecule has 1 amide bonds. The van der Waals surface area contributed by atoms with E-state index in [1.165, 1.54) is 193 Å². The Hall–Kier alpha value is -1.59. The summed E-state index contributed by atoms with van der Waals surface area (Å²) >= 11 is 0. The highest BCUT2D eigenvalue weighted by Gasteiger charge is 2.44. The van der Waals surface area contributed by atoms with E-state index >= 15 is 0 Å². The fourth-order valence-electron chi connectivity index (χ4n) is 8.96. The van der Waals surface area contributed by atoms with Gasteiger partial charge in [0.05, 0.1) is 25.4 Å². The number of carbonyl (C=O) groups excluding carboxylic acids is 1. The molecule has 66 heavy (non-hydrogen) atoms. The number of allylic oxidation sites excluding steroid dienone is 5. The molecule has 1 rings (SSSR count). The van der Waals surface area contributed by atoms with Crippen molar-refractivity contribution < 1.29 is 39.8 Å². The first kappa shape index (κ1) is 62.4. The van der Waals surface area contributed by atoms with Crippen molar-refractivity contribution in [1.82, 2.24) is 5.32 Å². The monoisotopic (exact) mass is 934 g/mol. The lowest BCUT2D eigenvalue weighted by Crippen LogP contribution is -2.60. The lowest BCUT2D eigenvalue weighted by Gasteiger charge is -2.40. The minimum absolute atomic E-state index is 0.188. The van der Waals surface area contributed by atoms with E-state index in [1.807, 2.05) is 6.08 Å². The third-order valence-electron chi connectivity index (χ3n) is 13.4. The van der Waals surface area contributed by atoms with Crippen molar-refractivity contribution in [3.63, 3.8) is 0 Å². The molecule has 1 saturated heterocycles. The molecule has 0 aromatic rings. The lowest BCUT2D eigenvalue weighted by molar-refractivity contribution is -0.302. The van der Waals surface area contributed by atoms with Crippen LogP contribution in [0, 0.1) is 0 Å². The van der Waals surface area contributed by atoms with E-state index in [9.17, 15) is 30.3 Å². The van der Waals surface area contributed by atoms with E-state index in [0.717, 1.165) is 51.4 Å². The smallest absolute Gasteiger partial charge is 0.220 e. The molecule has 0 aliphatic carbocycles. The molecule has 0 saturated carbocycles. The number of unbranched alkanes of at least 4 members (excludes halogenated alkanes) is 34. The predicted octanol–water partition coefficient (Wildman–Crippen LogP) is 13.6. The molecule has 9 heteroatoms. The van der Waals surface area contributed by atoms with E-state index in [-0.39, 0.29) is 12.5 Å². The van der Waals surface area contributed by atoms with E-state index in [1.54, 1.807) is 6.08 Å². The normalized spacial score (nSPS) is 20.0. The quantitative estimate of drug-likeness (QED) is 0.0261. The van der Waals surface area contributed by atoms with Crippen molar-refractivity contribution >= 4 is 5.91 Å². The number of aliphatic hydroxyl groups is 5. The number of nitrogens with one attached hydrogen (secondary N) is 1. The standard InChI is InChI=1S/C57H107NO8/c1-3-5-7-9-11-13-15-17-18-19-20-21-22-23-24-25-26-27-28-29-30-31-32-33-35-37-39-41-43-45-47-53(61)58-50(49-65-57-56(64)55(63)54(62)52(48-59)66-57)51(60)46-44-42-40-38-36-34-16-14-12-10-8-6-4-2/h12,14,36,38,44,46,50-52,54-57,59-60,62-64H,3-11,13,15-35,37,39-43,45,47-49H2,1-2H3,(H,58,61)/b14-12+,38-36+,46-44+. The Kier molecular flexibility index (Phi) is 44.6. The first-order valence-corrected chi connectivity index (χ1v) is 28.2. The van der Waals surface area contributed by atoms with E-state index in [2.05, 4.69) is 43.5 Å². The van der Waals surface area contributed by atoms with E-state index in [4.69, 9.17) is 9.47 Å². The van der Waals surface area contributed by atoms with Crippen LogP contribution in [0.25, 0.3) is 0 Å². The van der Waals surface area contributed by atoms with Gasteiger partial charge < -0.3 is 40.3 Å². The zero-order valence-electron chi connectivity index (χ0n) is 43.0. The first-order chi connectivity index (χ1) is 32.3. The number of hydrogen-bond donors (Lipinski definition) is 6. The highest BCUT2D eigenvalue weighted by Crippen LogP contribution is 2.23. The second-order valence-electron chi connectivity index (χ2n) is 19.7. The minimum Gasteiger partial charge on any atom is -0.394 e. The Morgan fingerprint density at radius 3 is 1.27 bits per heavy atom. The van der Waals surface area contributed by atoms with Crippen LogP contribution in [0.5, 0.6) is 0 Å². The molecule has 1 aliphatic rings. The molecule has 1 heterocycles. The fourth-order valence-corrected chi connectivity index (χ4v) is 8.96. The molecule has 7 unspecified atom stereocenters. The summed E-state index contributed by atoms with van der Waals surface area (Å²) in [5.74, 6) is -0.188. The third-order valence-corrected chi connectivity index (χ3v) is 13.4. The predicted molar refractivity (Wildman–Crippen MR) is 276 cm³/mol. The van der Waals surface area contributed by atoms with Gasteiger partial charge in [-0.25, -0.2) is 0 Å². The van der Waals surface area contributed by atoms with Crippen LogP contribution in [-0.4, -0.2) is 87.5 Å². The van der Waals surface area contributed by atoms with Crippen molar-refractivity contribution in [2.24, 2.45) is 0 Å². The van der Waals surface area contributed by atoms with Crippen LogP contribution in [0.15, 0.2) is 36.5 Å². The maximum atomic E-state index is 13.0. The van der Waals surface area contributed by atoms with Gasteiger partial charge in [-0.1, -0.05) is 249 Å². The molecule has 1 aliphatic heterocycles. The number of amides is 1. The topological polar surface area (TPSA) is 149 Å². The van der Waals surface area contributed by atoms with Gasteiger partial charge in [0.1, 0.15) is 24.4 Å². The van der Waals surface area contributed by atoms with Crippen molar-refractivity contribution in [3.05, 3.63) is 36.5 Å². The molecule has 9 nitrogen and oxygen atoms in total. The van der Waals surface area contributed by atoms with Crippen LogP contribution in [-0.2, 0) is 14.3 Å². The van der Waals surface area contributed by atoms with Gasteiger partial charge in [0.25, 0.3) is 0 Å². The van der Waals surface area contributed by atoms with Crippen molar-refractivity contribution in [3.8, 4) is 0 Å². The number of rotatable bonds is 48. The SMILES string of the molecule is CCCCC/C=C/CC/C=C/CC/C=C/C(O)C(COC1OC(CO)C(O)C(O)C1O)NC(=O)CCCCCCCCCCCCCCCCCCCCCCCCCCCCCCCC. The maximum absolute atomic E-state index is 13.0. The second kappa shape index (κ2) is 47.1. The van der Waals surface area contributed by atoms with Gasteiger partial charge in [-0.15, -0.1) is 0 Å². The second-order valence-corrected chi connectivity index (χ2v) is 19.7. The van der Waals surface area contributed by atoms with Crippen LogP contribution in [0.1, 0.15) is 264 Å². The summed E-state index contributed by atoms with van der Waals surface area (Å²) in [5, 5.41) is 54.3. The Bertz CT molecular complexity index is 1130. The van der Waals surface area contributed by atoms with Gasteiger partial charge in [-0.3, -0.25) is 4.79 Å². The molecule has 6 N–H and O–H groups in total. The Labute approximate surface area is 406 Å². The van der Waals surface area contributed by atoms with Gasteiger partial charge in [-0.05, 0) is 44.9 Å². The Morgan fingerprint density at radius 1 is 0.500 bits per heavy atom. The number of hydrogen-bond acceptors (Lipinski definition) is 8. The van der Waals surface area contributed by atoms with Gasteiger partial charge in [0, 0.05) is 6.42 Å². The number of aliphatic hydroxyl groups excluding tert-OH is 5. The van der Waals surface area contributed by atoms with Crippen LogP contribution >= 0.6 is 0 Å². The molecule has 0 aromatic heterocycles. The summed E-state index contributed by atoms with van der Waals surface area (Å²) in [6.45, 7) is 3.74. The van der Waals surface area contributed by atoms with Gasteiger partial charge >= 0.3 is 0 Å². The summed E-state index contributed by atoms with van der Waals surface area (Å²) in [4.78, 5) is 13.0. The van der Waals surface area contributed by atoms with E-state index in [0.29, 0.717) is 6.42 Å². The van der Waals surface area contributed by atoms with Crippen molar-refractivity contribution in [2.45, 2.75) is 307 Å². The average molecular weight is 934 g/mol. The number of carbonyl (C=O) groups is 1. The maximum Gasteiger partial charge on any atom is 0.220 e. The molecule has 0 bridgehead atoms. The Balaban J connectivity index is 2.14. The summed E-state index contributed by atoms with van der Waals surface area (Å²) in [5.41, 5.74) is 0. The summed E-state index contributed by atoms with van der Waals surface area (Å²) in [6.07, 6.45) is 53.7. The summed E-state index contributed by atoms with van der Waals surface area (Å²) < 4.78 is 11.2. The molecule has 0 aromatic carbocycles. The molecule has 0 spiro atoms. The first-order valence-electron chi connectivity index (χ1n) is 28.2. The molecule has 388 valence electrons. The van der Waals surface area contributed by atoms with Gasteiger partial charge in [0.15, 0.2) is 6.29 Å². The largest absolute Gasteiger partial charge is 0.394 e. The van der Waals surface area contributed by atoms with Crippen molar-refractivity contribution in [1.29, 1.82) is 0 Å². The van der Waals surface area contributed by atoms with Crippen LogP contribution in [0.2, 0.25) is 0 Å². The molecule has 7 atom stereocenters. The van der Waals surface area contributed by atoms with Gasteiger partial charge in [-0.2, -0.15) is 0 Å². The molecular formula is C57H107NO8. The third kappa shape index (κ3) is 36.4. The Morgan fingerprint density at radius 2 is 0.864 bits per heavy atom. The van der Waals surface area contributed by atoms with Crippen LogP contribution in [0.4, 0.5) is 0 Å². The highest BCUT2D eigenvalue weighted by atomic mass is 16.7. The zero-order chi connectivity index (χ0) is 48.0. The number of ether oxygens (including phenoxy) is 2.